The minimum Gasteiger partial charge on any atom is -0.465 e. The molecule has 1 aromatic carbocycles. The second kappa shape index (κ2) is 6.37. The Balaban J connectivity index is 2.10. The molecule has 1 amide bonds. The predicted octanol–water partition coefficient (Wildman–Crippen LogP) is 2.57. The van der Waals surface area contributed by atoms with E-state index in [9.17, 15) is 31.5 Å². The third-order valence-electron chi connectivity index (χ3n) is 3.66. The van der Waals surface area contributed by atoms with Crippen LogP contribution in [0.15, 0.2) is 24.3 Å². The molecule has 0 aromatic heterocycles. The monoisotopic (exact) mass is 383 g/mol. The Bertz CT molecular complexity index is 745. The van der Waals surface area contributed by atoms with Gasteiger partial charge >= 0.3 is 21.7 Å². The van der Waals surface area contributed by atoms with E-state index in [1.54, 1.807) is 13.8 Å². The summed E-state index contributed by atoms with van der Waals surface area (Å²) in [5.74, 6) is -0.487. The topological polar surface area (TPSA) is 93.1 Å². The Labute approximate surface area is 142 Å². The van der Waals surface area contributed by atoms with Crippen molar-refractivity contribution in [1.29, 1.82) is 0 Å². The number of halogens is 3. The third kappa shape index (κ3) is 4.15. The average molecular weight is 383 g/mol. The third-order valence-corrected chi connectivity index (χ3v) is 4.64. The van der Waals surface area contributed by atoms with Crippen molar-refractivity contribution in [2.75, 3.05) is 6.61 Å². The molecule has 2 rings (SSSR count). The van der Waals surface area contributed by atoms with E-state index in [1.165, 1.54) is 12.1 Å². The van der Waals surface area contributed by atoms with Gasteiger partial charge in [0.2, 0.25) is 0 Å². The molecular formula is C14H16F3NO6S. The normalized spacial score (nSPS) is 20.5. The van der Waals surface area contributed by atoms with Crippen LogP contribution in [-0.4, -0.2) is 48.4 Å². The summed E-state index contributed by atoms with van der Waals surface area (Å²) in [6, 6.07) is 4.41. The number of benzene rings is 1. The Kier molecular flexibility index (Phi) is 4.92. The Morgan fingerprint density at radius 3 is 2.40 bits per heavy atom. The predicted molar refractivity (Wildman–Crippen MR) is 79.4 cm³/mol. The van der Waals surface area contributed by atoms with E-state index in [-0.39, 0.29) is 13.0 Å². The van der Waals surface area contributed by atoms with Crippen LogP contribution in [0.25, 0.3) is 0 Å². The smallest absolute Gasteiger partial charge is 0.465 e. The number of hydrogen-bond donors (Lipinski definition) is 1. The molecule has 1 aliphatic rings. The van der Waals surface area contributed by atoms with Crippen LogP contribution < -0.4 is 4.18 Å². The first-order valence-electron chi connectivity index (χ1n) is 7.09. The fraction of sp³-hybridized carbons (Fsp3) is 0.500. The molecule has 0 unspecified atom stereocenters. The lowest BCUT2D eigenvalue weighted by atomic mass is 10.1. The summed E-state index contributed by atoms with van der Waals surface area (Å²) in [7, 11) is -5.73. The van der Waals surface area contributed by atoms with Crippen LogP contribution in [0.3, 0.4) is 0 Å². The molecule has 0 saturated carbocycles. The SMILES string of the molecule is CC1(C)OC[C@H](Cc2ccc(OS(=O)(=O)C(F)(F)F)cc2)N1C(=O)O. The Morgan fingerprint density at radius 2 is 1.92 bits per heavy atom. The average Bonchev–Trinajstić information content (AvgIpc) is 2.74. The maximum absolute atomic E-state index is 12.3. The van der Waals surface area contributed by atoms with Crippen molar-refractivity contribution in [2.45, 2.75) is 37.5 Å². The van der Waals surface area contributed by atoms with Crippen LogP contribution in [0.5, 0.6) is 5.75 Å². The van der Waals surface area contributed by atoms with E-state index in [0.717, 1.165) is 17.0 Å². The molecule has 1 heterocycles. The van der Waals surface area contributed by atoms with Crippen molar-refractivity contribution in [3.8, 4) is 5.75 Å². The fourth-order valence-corrected chi connectivity index (χ4v) is 3.01. The molecule has 11 heteroatoms. The Hall–Kier alpha value is -2.01. The van der Waals surface area contributed by atoms with E-state index in [2.05, 4.69) is 4.18 Å². The number of rotatable bonds is 4. The van der Waals surface area contributed by atoms with Crippen LogP contribution in [-0.2, 0) is 21.3 Å². The van der Waals surface area contributed by atoms with Crippen LogP contribution in [0.2, 0.25) is 0 Å². The number of carbonyl (C=O) groups is 1. The molecule has 25 heavy (non-hydrogen) atoms. The highest BCUT2D eigenvalue weighted by atomic mass is 32.2. The van der Waals surface area contributed by atoms with E-state index in [4.69, 9.17) is 4.74 Å². The lowest BCUT2D eigenvalue weighted by Crippen LogP contribution is -2.47. The van der Waals surface area contributed by atoms with Gasteiger partial charge in [0.25, 0.3) is 0 Å². The van der Waals surface area contributed by atoms with Gasteiger partial charge in [0, 0.05) is 0 Å². The highest BCUT2D eigenvalue weighted by molar-refractivity contribution is 7.88. The maximum atomic E-state index is 12.3. The molecule has 7 nitrogen and oxygen atoms in total. The molecule has 140 valence electrons. The highest BCUT2D eigenvalue weighted by Gasteiger charge is 2.48. The van der Waals surface area contributed by atoms with E-state index in [0.29, 0.717) is 5.56 Å². The summed E-state index contributed by atoms with van der Waals surface area (Å²) in [6.07, 6.45) is -0.897. The second-order valence-electron chi connectivity index (χ2n) is 5.90. The number of ether oxygens (including phenoxy) is 1. The zero-order valence-electron chi connectivity index (χ0n) is 13.3. The zero-order valence-corrected chi connectivity index (χ0v) is 14.1. The van der Waals surface area contributed by atoms with Crippen LogP contribution in [0, 0.1) is 0 Å². The van der Waals surface area contributed by atoms with Gasteiger partial charge in [-0.25, -0.2) is 4.79 Å². The molecule has 0 bridgehead atoms. The number of carboxylic acid groups (broad SMARTS) is 1. The molecule has 1 aromatic rings. The molecule has 1 aliphatic heterocycles. The summed E-state index contributed by atoms with van der Waals surface area (Å²) in [4.78, 5) is 12.5. The van der Waals surface area contributed by atoms with Crippen LogP contribution in [0.1, 0.15) is 19.4 Å². The summed E-state index contributed by atoms with van der Waals surface area (Å²) in [6.45, 7) is 3.39. The first-order chi connectivity index (χ1) is 11.3. The van der Waals surface area contributed by atoms with Gasteiger partial charge < -0.3 is 14.0 Å². The lowest BCUT2D eigenvalue weighted by molar-refractivity contribution is -0.0500. The zero-order chi connectivity index (χ0) is 19.0. The molecule has 0 spiro atoms. The lowest BCUT2D eigenvalue weighted by Gasteiger charge is -2.31. The van der Waals surface area contributed by atoms with Crippen molar-refractivity contribution in [3.05, 3.63) is 29.8 Å². The minimum atomic E-state index is -5.73. The van der Waals surface area contributed by atoms with Gasteiger partial charge in [0.05, 0.1) is 12.6 Å². The molecule has 1 saturated heterocycles. The summed E-state index contributed by atoms with van der Waals surface area (Å²) in [5.41, 5.74) is -5.91. The Morgan fingerprint density at radius 1 is 1.36 bits per heavy atom. The van der Waals surface area contributed by atoms with E-state index in [1.807, 2.05) is 0 Å². The molecule has 1 atom stereocenters. The fourth-order valence-electron chi connectivity index (χ4n) is 2.55. The largest absolute Gasteiger partial charge is 0.534 e. The highest BCUT2D eigenvalue weighted by Crippen LogP contribution is 2.30. The van der Waals surface area contributed by atoms with Gasteiger partial charge in [-0.3, -0.25) is 4.90 Å². The number of nitrogens with zero attached hydrogens (tertiary/aromatic N) is 1. The number of alkyl halides is 3. The molecule has 1 N–H and O–H groups in total. The van der Waals surface area contributed by atoms with Crippen LogP contribution >= 0.6 is 0 Å². The first kappa shape index (κ1) is 19.3. The molecule has 0 radical (unpaired) electrons. The van der Waals surface area contributed by atoms with Crippen molar-refractivity contribution in [2.24, 2.45) is 0 Å². The first-order valence-corrected chi connectivity index (χ1v) is 8.50. The van der Waals surface area contributed by atoms with Crippen molar-refractivity contribution < 1.29 is 40.4 Å². The van der Waals surface area contributed by atoms with Gasteiger partial charge in [-0.05, 0) is 38.0 Å². The van der Waals surface area contributed by atoms with Gasteiger partial charge in [-0.2, -0.15) is 21.6 Å². The standard InChI is InChI=1S/C14H16F3NO6S/c1-13(2)18(12(19)20)10(8-23-13)7-9-3-5-11(6-4-9)24-25(21,22)14(15,16)17/h3-6,10H,7-8H2,1-2H3,(H,19,20)/t10-/m0/s1. The van der Waals surface area contributed by atoms with Crippen LogP contribution in [0.4, 0.5) is 18.0 Å². The van der Waals surface area contributed by atoms with E-state index >= 15 is 0 Å². The summed E-state index contributed by atoms with van der Waals surface area (Å²) in [5, 5.41) is 9.30. The maximum Gasteiger partial charge on any atom is 0.534 e. The van der Waals surface area contributed by atoms with Crippen molar-refractivity contribution in [3.63, 3.8) is 0 Å². The van der Waals surface area contributed by atoms with Gasteiger partial charge in [-0.15, -0.1) is 0 Å². The number of hydrogen-bond acceptors (Lipinski definition) is 5. The minimum absolute atomic E-state index is 0.167. The molecule has 1 fully saturated rings. The van der Waals surface area contributed by atoms with Crippen molar-refractivity contribution >= 4 is 16.2 Å². The van der Waals surface area contributed by atoms with Gasteiger partial charge in [0.1, 0.15) is 11.5 Å². The molecule has 0 aliphatic carbocycles. The van der Waals surface area contributed by atoms with Crippen molar-refractivity contribution in [1.82, 2.24) is 4.90 Å². The van der Waals surface area contributed by atoms with E-state index < -0.39 is 39.2 Å². The van der Waals surface area contributed by atoms with Gasteiger partial charge in [-0.1, -0.05) is 12.1 Å². The molecular weight excluding hydrogens is 367 g/mol. The second-order valence-corrected chi connectivity index (χ2v) is 7.43. The number of amides is 1. The summed E-state index contributed by atoms with van der Waals surface area (Å²) < 4.78 is 68.1. The quantitative estimate of drug-likeness (QED) is 0.635. The van der Waals surface area contributed by atoms with Gasteiger partial charge in [0.15, 0.2) is 0 Å². The summed E-state index contributed by atoms with van der Waals surface area (Å²) >= 11 is 0.